The minimum atomic E-state index is -0.0200. The predicted molar refractivity (Wildman–Crippen MR) is 36.2 cm³/mol. The average Bonchev–Trinajstić information content (AvgIpc) is 1.84. The van der Waals surface area contributed by atoms with E-state index in [0.717, 1.165) is 6.26 Å². The molecule has 0 aromatic rings. The molecule has 0 atom stereocenters. The first-order chi connectivity index (χ1) is 4.09. The van der Waals surface area contributed by atoms with Gasteiger partial charge in [-0.15, -0.1) is 0 Å². The van der Waals surface area contributed by atoms with Crippen molar-refractivity contribution < 1.29 is 9.90 Å². The monoisotopic (exact) mass is 128 g/mol. The molecule has 0 aliphatic rings. The van der Waals surface area contributed by atoms with Crippen molar-refractivity contribution in [3.8, 4) is 0 Å². The first-order valence-electron chi connectivity index (χ1n) is 2.94. The van der Waals surface area contributed by atoms with Crippen LogP contribution in [-0.2, 0) is 4.79 Å². The number of hydrogen-bond donors (Lipinski definition) is 1. The van der Waals surface area contributed by atoms with Gasteiger partial charge in [0, 0.05) is 11.5 Å². The lowest BCUT2D eigenvalue weighted by atomic mass is 10.0. The van der Waals surface area contributed by atoms with Crippen LogP contribution in [0.15, 0.2) is 11.8 Å². The summed E-state index contributed by atoms with van der Waals surface area (Å²) < 4.78 is 0. The maximum Gasteiger partial charge on any atom is 0.164 e. The van der Waals surface area contributed by atoms with Gasteiger partial charge in [0.1, 0.15) is 0 Å². The molecule has 0 amide bonds. The molecular formula is C7H12O2. The highest BCUT2D eigenvalue weighted by Crippen LogP contribution is 2.02. The lowest BCUT2D eigenvalue weighted by molar-refractivity contribution is -0.118. The van der Waals surface area contributed by atoms with Gasteiger partial charge in [-0.25, -0.2) is 0 Å². The summed E-state index contributed by atoms with van der Waals surface area (Å²) in [5.41, 5.74) is 0.421. The second kappa shape index (κ2) is 3.28. The molecule has 0 heterocycles. The van der Waals surface area contributed by atoms with Gasteiger partial charge >= 0.3 is 0 Å². The fraction of sp³-hybridized carbons (Fsp3) is 0.571. The van der Waals surface area contributed by atoms with Gasteiger partial charge in [0.2, 0.25) is 0 Å². The number of aliphatic hydroxyl groups is 1. The number of aliphatic hydroxyl groups excluding tert-OH is 1. The Morgan fingerprint density at radius 2 is 2.00 bits per heavy atom. The third kappa shape index (κ3) is 2.31. The molecule has 0 rings (SSSR count). The van der Waals surface area contributed by atoms with Gasteiger partial charge in [-0.05, 0) is 6.92 Å². The Kier molecular flexibility index (Phi) is 2.99. The molecule has 2 nitrogen and oxygen atoms in total. The quantitative estimate of drug-likeness (QED) is 0.453. The molecular weight excluding hydrogens is 116 g/mol. The van der Waals surface area contributed by atoms with Crippen molar-refractivity contribution in [1.82, 2.24) is 0 Å². The predicted octanol–water partition coefficient (Wildman–Crippen LogP) is 1.67. The molecule has 0 aliphatic heterocycles. The Morgan fingerprint density at radius 3 is 2.11 bits per heavy atom. The number of allylic oxidation sites excluding steroid dienone is 1. The van der Waals surface area contributed by atoms with Crippen LogP contribution < -0.4 is 0 Å². The van der Waals surface area contributed by atoms with Gasteiger partial charge in [0.05, 0.1) is 6.26 Å². The Morgan fingerprint density at radius 1 is 1.56 bits per heavy atom. The number of ketones is 1. The van der Waals surface area contributed by atoms with E-state index in [0.29, 0.717) is 5.57 Å². The second-order valence-corrected chi connectivity index (χ2v) is 2.33. The highest BCUT2D eigenvalue weighted by molar-refractivity contribution is 5.95. The van der Waals surface area contributed by atoms with E-state index in [1.165, 1.54) is 0 Å². The summed E-state index contributed by atoms with van der Waals surface area (Å²) in [6.45, 7) is 5.20. The SMILES string of the molecule is C/C(=C\O)C(=O)C(C)C. The Bertz CT molecular complexity index is 134. The number of hydrogen-bond acceptors (Lipinski definition) is 2. The largest absolute Gasteiger partial charge is 0.515 e. The average molecular weight is 128 g/mol. The molecule has 2 heteroatoms. The van der Waals surface area contributed by atoms with Gasteiger partial charge in [0.25, 0.3) is 0 Å². The van der Waals surface area contributed by atoms with Crippen LogP contribution in [-0.4, -0.2) is 10.9 Å². The zero-order valence-electron chi connectivity index (χ0n) is 6.01. The van der Waals surface area contributed by atoms with Gasteiger partial charge in [-0.1, -0.05) is 13.8 Å². The summed E-state index contributed by atoms with van der Waals surface area (Å²) in [5.74, 6) is -0.0223. The van der Waals surface area contributed by atoms with Crippen molar-refractivity contribution in [2.24, 2.45) is 5.92 Å². The van der Waals surface area contributed by atoms with E-state index in [-0.39, 0.29) is 11.7 Å². The first-order valence-corrected chi connectivity index (χ1v) is 2.94. The van der Waals surface area contributed by atoms with Gasteiger partial charge in [0.15, 0.2) is 5.78 Å². The standard InChI is InChI=1S/C7H12O2/c1-5(2)7(9)6(3)4-8/h4-5,8H,1-3H3/b6-4+. The molecule has 1 N–H and O–H groups in total. The molecule has 0 radical (unpaired) electrons. The van der Waals surface area contributed by atoms with E-state index < -0.39 is 0 Å². The summed E-state index contributed by atoms with van der Waals surface area (Å²) in [6, 6.07) is 0. The van der Waals surface area contributed by atoms with E-state index in [2.05, 4.69) is 0 Å². The highest BCUT2D eigenvalue weighted by Gasteiger charge is 2.07. The summed E-state index contributed by atoms with van der Waals surface area (Å²) >= 11 is 0. The van der Waals surface area contributed by atoms with Crippen molar-refractivity contribution in [2.45, 2.75) is 20.8 Å². The maximum absolute atomic E-state index is 10.8. The minimum Gasteiger partial charge on any atom is -0.515 e. The maximum atomic E-state index is 10.8. The summed E-state index contributed by atoms with van der Waals surface area (Å²) in [4.78, 5) is 10.8. The van der Waals surface area contributed by atoms with Gasteiger partial charge in [-0.3, -0.25) is 4.79 Å². The van der Waals surface area contributed by atoms with Crippen LogP contribution in [0.5, 0.6) is 0 Å². The summed E-state index contributed by atoms with van der Waals surface area (Å²) in [7, 11) is 0. The number of Topliss-reactive ketones (excluding diaryl/α,β-unsaturated/α-hetero) is 1. The van der Waals surface area contributed by atoms with E-state index in [9.17, 15) is 4.79 Å². The molecule has 0 aromatic heterocycles. The minimum absolute atomic E-state index is 0.00231. The fourth-order valence-electron chi connectivity index (χ4n) is 0.519. The molecule has 0 fully saturated rings. The van der Waals surface area contributed by atoms with E-state index in [1.54, 1.807) is 20.8 Å². The topological polar surface area (TPSA) is 37.3 Å². The molecule has 0 aromatic carbocycles. The second-order valence-electron chi connectivity index (χ2n) is 2.33. The highest BCUT2D eigenvalue weighted by atomic mass is 16.2. The molecule has 0 saturated carbocycles. The van der Waals surface area contributed by atoms with Crippen molar-refractivity contribution in [2.75, 3.05) is 0 Å². The van der Waals surface area contributed by atoms with Gasteiger partial charge in [-0.2, -0.15) is 0 Å². The van der Waals surface area contributed by atoms with E-state index in [1.807, 2.05) is 0 Å². The van der Waals surface area contributed by atoms with Crippen LogP contribution >= 0.6 is 0 Å². The number of carbonyl (C=O) groups is 1. The van der Waals surface area contributed by atoms with Crippen LogP contribution in [0.2, 0.25) is 0 Å². The van der Waals surface area contributed by atoms with Crippen LogP contribution in [0, 0.1) is 5.92 Å². The Labute approximate surface area is 55.2 Å². The smallest absolute Gasteiger partial charge is 0.164 e. The van der Waals surface area contributed by atoms with Crippen LogP contribution in [0.4, 0.5) is 0 Å². The van der Waals surface area contributed by atoms with E-state index >= 15 is 0 Å². The van der Waals surface area contributed by atoms with E-state index in [4.69, 9.17) is 5.11 Å². The van der Waals surface area contributed by atoms with Crippen LogP contribution in [0.3, 0.4) is 0 Å². The summed E-state index contributed by atoms with van der Waals surface area (Å²) in [6.07, 6.45) is 0.850. The van der Waals surface area contributed by atoms with Crippen LogP contribution in [0.1, 0.15) is 20.8 Å². The molecule has 52 valence electrons. The molecule has 0 bridgehead atoms. The fourth-order valence-corrected chi connectivity index (χ4v) is 0.519. The Hall–Kier alpha value is -0.790. The lowest BCUT2D eigenvalue weighted by Gasteiger charge is -2.00. The third-order valence-corrected chi connectivity index (χ3v) is 1.11. The third-order valence-electron chi connectivity index (χ3n) is 1.11. The number of rotatable bonds is 2. The number of carbonyl (C=O) groups excluding carboxylic acids is 1. The van der Waals surface area contributed by atoms with Gasteiger partial charge < -0.3 is 5.11 Å². The van der Waals surface area contributed by atoms with Crippen molar-refractivity contribution in [1.29, 1.82) is 0 Å². The molecule has 0 aliphatic carbocycles. The van der Waals surface area contributed by atoms with Crippen LogP contribution in [0.25, 0.3) is 0 Å². The molecule has 0 saturated heterocycles. The van der Waals surface area contributed by atoms with Crippen molar-refractivity contribution >= 4 is 5.78 Å². The lowest BCUT2D eigenvalue weighted by Crippen LogP contribution is -2.07. The zero-order chi connectivity index (χ0) is 7.44. The molecule has 9 heavy (non-hydrogen) atoms. The van der Waals surface area contributed by atoms with Crippen molar-refractivity contribution in [3.63, 3.8) is 0 Å². The normalized spacial score (nSPS) is 12.2. The Balaban J connectivity index is 4.06. The first kappa shape index (κ1) is 8.21. The molecule has 0 unspecified atom stereocenters. The summed E-state index contributed by atoms with van der Waals surface area (Å²) in [5, 5.41) is 8.37. The van der Waals surface area contributed by atoms with Crippen molar-refractivity contribution in [3.05, 3.63) is 11.8 Å². The zero-order valence-corrected chi connectivity index (χ0v) is 6.01. The molecule has 0 spiro atoms.